The standard InChI is InChI=1S/C15H14Cl2N2O4/c1-23-19-12(4-18)14(16)13(15(19)17)9-3-2-8(5-20)10(6-21)11(9)7-22/h2-3,20-22H,5-7H2,1H3. The van der Waals surface area contributed by atoms with Crippen LogP contribution in [0.15, 0.2) is 12.1 Å². The van der Waals surface area contributed by atoms with E-state index in [0.717, 1.165) is 4.73 Å². The summed E-state index contributed by atoms with van der Waals surface area (Å²) < 4.78 is 1.08. The quantitative estimate of drug-likeness (QED) is 0.759. The first-order valence-electron chi connectivity index (χ1n) is 6.56. The summed E-state index contributed by atoms with van der Waals surface area (Å²) in [5, 5.41) is 38.0. The summed E-state index contributed by atoms with van der Waals surface area (Å²) in [7, 11) is 1.34. The molecule has 0 aliphatic rings. The van der Waals surface area contributed by atoms with E-state index >= 15 is 0 Å². The molecule has 0 spiro atoms. The van der Waals surface area contributed by atoms with Crippen molar-refractivity contribution in [1.82, 2.24) is 4.73 Å². The molecular formula is C15H14Cl2N2O4. The molecule has 122 valence electrons. The van der Waals surface area contributed by atoms with Crippen molar-refractivity contribution >= 4 is 23.2 Å². The van der Waals surface area contributed by atoms with Crippen molar-refractivity contribution in [2.75, 3.05) is 7.11 Å². The average Bonchev–Trinajstić information content (AvgIpc) is 2.82. The molecule has 0 saturated carbocycles. The van der Waals surface area contributed by atoms with E-state index in [1.807, 2.05) is 6.07 Å². The van der Waals surface area contributed by atoms with Gasteiger partial charge in [0.15, 0.2) is 10.8 Å². The Morgan fingerprint density at radius 1 is 1.13 bits per heavy atom. The summed E-state index contributed by atoms with van der Waals surface area (Å²) in [6.07, 6.45) is 0. The lowest BCUT2D eigenvalue weighted by atomic mass is 9.93. The van der Waals surface area contributed by atoms with Gasteiger partial charge in [-0.1, -0.05) is 35.3 Å². The molecule has 1 aromatic heterocycles. The van der Waals surface area contributed by atoms with Crippen LogP contribution in [0.4, 0.5) is 0 Å². The van der Waals surface area contributed by atoms with E-state index in [4.69, 9.17) is 28.0 Å². The van der Waals surface area contributed by atoms with E-state index in [1.54, 1.807) is 12.1 Å². The number of aliphatic hydroxyl groups is 3. The highest BCUT2D eigenvalue weighted by molar-refractivity contribution is 6.40. The topological polar surface area (TPSA) is 98.6 Å². The van der Waals surface area contributed by atoms with E-state index in [1.165, 1.54) is 7.11 Å². The molecule has 0 aliphatic carbocycles. The van der Waals surface area contributed by atoms with Gasteiger partial charge in [-0.15, -0.1) is 0 Å². The van der Waals surface area contributed by atoms with Crippen molar-refractivity contribution in [3.8, 4) is 17.2 Å². The normalized spacial score (nSPS) is 10.7. The molecule has 2 aromatic rings. The Morgan fingerprint density at radius 3 is 2.22 bits per heavy atom. The molecule has 0 radical (unpaired) electrons. The van der Waals surface area contributed by atoms with E-state index in [-0.39, 0.29) is 29.1 Å². The number of hydrogen-bond acceptors (Lipinski definition) is 5. The highest BCUT2D eigenvalue weighted by Crippen LogP contribution is 2.41. The second-order valence-electron chi connectivity index (χ2n) is 4.62. The maximum absolute atomic E-state index is 9.70. The number of hydrogen-bond donors (Lipinski definition) is 3. The van der Waals surface area contributed by atoms with Crippen LogP contribution in [-0.4, -0.2) is 27.2 Å². The number of nitrogens with zero attached hydrogens (tertiary/aromatic N) is 2. The molecule has 3 N–H and O–H groups in total. The number of benzene rings is 1. The molecule has 8 heteroatoms. The van der Waals surface area contributed by atoms with Crippen molar-refractivity contribution in [2.24, 2.45) is 0 Å². The minimum atomic E-state index is -0.397. The second kappa shape index (κ2) is 7.21. The third-order valence-corrected chi connectivity index (χ3v) is 4.30. The van der Waals surface area contributed by atoms with Crippen molar-refractivity contribution in [1.29, 1.82) is 5.26 Å². The summed E-state index contributed by atoms with van der Waals surface area (Å²) in [5.41, 5.74) is 2.05. The van der Waals surface area contributed by atoms with Gasteiger partial charge in [0.25, 0.3) is 0 Å². The second-order valence-corrected chi connectivity index (χ2v) is 5.36. The molecule has 0 unspecified atom stereocenters. The molecular weight excluding hydrogens is 343 g/mol. The van der Waals surface area contributed by atoms with Crippen LogP contribution < -0.4 is 4.84 Å². The van der Waals surface area contributed by atoms with Crippen LogP contribution in [0.1, 0.15) is 22.4 Å². The zero-order chi connectivity index (χ0) is 17.1. The van der Waals surface area contributed by atoms with Gasteiger partial charge >= 0.3 is 0 Å². The predicted octanol–water partition coefficient (Wildman–Crippen LogP) is 1.87. The average molecular weight is 357 g/mol. The fourth-order valence-corrected chi connectivity index (χ4v) is 3.20. The van der Waals surface area contributed by atoms with Crippen LogP contribution in [0, 0.1) is 11.3 Å². The molecule has 6 nitrogen and oxygen atoms in total. The monoisotopic (exact) mass is 356 g/mol. The number of aliphatic hydroxyl groups excluding tert-OH is 3. The molecule has 0 fully saturated rings. The fraction of sp³-hybridized carbons (Fsp3) is 0.267. The third-order valence-electron chi connectivity index (χ3n) is 3.59. The lowest BCUT2D eigenvalue weighted by Gasteiger charge is -2.15. The van der Waals surface area contributed by atoms with Crippen molar-refractivity contribution in [3.05, 3.63) is 44.7 Å². The number of nitriles is 1. The zero-order valence-electron chi connectivity index (χ0n) is 12.2. The van der Waals surface area contributed by atoms with Crippen LogP contribution in [0.25, 0.3) is 11.1 Å². The maximum atomic E-state index is 9.70. The fourth-order valence-electron chi connectivity index (χ4n) is 2.49. The maximum Gasteiger partial charge on any atom is 0.177 e. The minimum absolute atomic E-state index is 0.0230. The molecule has 1 aromatic carbocycles. The van der Waals surface area contributed by atoms with Gasteiger partial charge in [-0.2, -0.15) is 9.99 Å². The third kappa shape index (κ3) is 2.78. The van der Waals surface area contributed by atoms with Gasteiger partial charge in [0.05, 0.1) is 24.8 Å². The Morgan fingerprint density at radius 2 is 1.78 bits per heavy atom. The Hall–Kier alpha value is -1.75. The van der Waals surface area contributed by atoms with Gasteiger partial charge in [-0.25, -0.2) is 0 Å². The molecule has 0 amide bonds. The lowest BCUT2D eigenvalue weighted by Crippen LogP contribution is -2.08. The molecule has 0 saturated heterocycles. The first kappa shape index (κ1) is 17.6. The molecule has 0 aliphatic heterocycles. The van der Waals surface area contributed by atoms with E-state index in [9.17, 15) is 20.6 Å². The molecule has 0 bridgehead atoms. The summed E-state index contributed by atoms with van der Waals surface area (Å²) in [5.74, 6) is 0. The molecule has 2 rings (SSSR count). The molecule has 23 heavy (non-hydrogen) atoms. The van der Waals surface area contributed by atoms with Gasteiger partial charge in [-0.05, 0) is 22.3 Å². The summed E-state index contributed by atoms with van der Waals surface area (Å²) in [6, 6.07) is 5.12. The van der Waals surface area contributed by atoms with Crippen LogP contribution in [0.5, 0.6) is 0 Å². The first-order chi connectivity index (χ1) is 11.0. The predicted molar refractivity (Wildman–Crippen MR) is 84.9 cm³/mol. The summed E-state index contributed by atoms with van der Waals surface area (Å²) in [6.45, 7) is -1.05. The van der Waals surface area contributed by atoms with Gasteiger partial charge in [0, 0.05) is 5.56 Å². The highest BCUT2D eigenvalue weighted by Gasteiger charge is 2.25. The van der Waals surface area contributed by atoms with E-state index < -0.39 is 6.61 Å². The van der Waals surface area contributed by atoms with Crippen LogP contribution in [0.3, 0.4) is 0 Å². The van der Waals surface area contributed by atoms with E-state index in [0.29, 0.717) is 27.8 Å². The Bertz CT molecular complexity index is 781. The van der Waals surface area contributed by atoms with Crippen LogP contribution >= 0.6 is 23.2 Å². The SMILES string of the molecule is COn1c(Cl)c(-c2ccc(CO)c(CO)c2CO)c(Cl)c1C#N. The number of rotatable bonds is 5. The first-order valence-corrected chi connectivity index (χ1v) is 7.32. The lowest BCUT2D eigenvalue weighted by molar-refractivity contribution is 0.166. The van der Waals surface area contributed by atoms with Crippen molar-refractivity contribution < 1.29 is 20.2 Å². The number of aromatic nitrogens is 1. The van der Waals surface area contributed by atoms with Crippen LogP contribution in [-0.2, 0) is 19.8 Å². The summed E-state index contributed by atoms with van der Waals surface area (Å²) >= 11 is 12.5. The Labute approximate surface area is 142 Å². The highest BCUT2D eigenvalue weighted by atomic mass is 35.5. The van der Waals surface area contributed by atoms with Gasteiger partial charge < -0.3 is 20.2 Å². The Kier molecular flexibility index (Phi) is 5.52. The zero-order valence-corrected chi connectivity index (χ0v) is 13.7. The van der Waals surface area contributed by atoms with Gasteiger partial charge in [-0.3, -0.25) is 0 Å². The number of halogens is 2. The van der Waals surface area contributed by atoms with Gasteiger partial charge in [0.1, 0.15) is 13.2 Å². The summed E-state index contributed by atoms with van der Waals surface area (Å²) in [4.78, 5) is 5.05. The van der Waals surface area contributed by atoms with Gasteiger partial charge in [0.2, 0.25) is 0 Å². The molecule has 1 heterocycles. The van der Waals surface area contributed by atoms with Crippen molar-refractivity contribution in [3.63, 3.8) is 0 Å². The van der Waals surface area contributed by atoms with Crippen LogP contribution in [0.2, 0.25) is 10.2 Å². The smallest absolute Gasteiger partial charge is 0.177 e. The largest absolute Gasteiger partial charge is 0.415 e. The molecule has 0 atom stereocenters. The van der Waals surface area contributed by atoms with Crippen molar-refractivity contribution in [2.45, 2.75) is 19.8 Å². The Balaban J connectivity index is 2.83. The van der Waals surface area contributed by atoms with E-state index in [2.05, 4.69) is 0 Å². The minimum Gasteiger partial charge on any atom is -0.415 e.